The normalized spacial score (nSPS) is 27.5. The van der Waals surface area contributed by atoms with Crippen molar-refractivity contribution < 1.29 is 4.79 Å². The van der Waals surface area contributed by atoms with E-state index in [0.717, 1.165) is 12.1 Å². The maximum absolute atomic E-state index is 12.4. The standard InChI is InChI=1S/C17H20N6O/c1-11(6-8-18)23-14-7-9-20-17(24)15(14)16(22-23)21-13-4-2-12(10-19)3-5-13/h2-5,11,14-16,21-22H,6-7,9H2,1H3,(H,20,24). The number of nitrogens with zero attached hydrogens (tertiary/aromatic N) is 3. The quantitative estimate of drug-likeness (QED) is 0.761. The highest BCUT2D eigenvalue weighted by Crippen LogP contribution is 2.30. The molecule has 0 aromatic heterocycles. The van der Waals surface area contributed by atoms with Gasteiger partial charge in [0, 0.05) is 24.3 Å². The second-order valence-corrected chi connectivity index (χ2v) is 6.23. The van der Waals surface area contributed by atoms with Gasteiger partial charge in [-0.3, -0.25) is 4.79 Å². The first-order chi connectivity index (χ1) is 11.6. The van der Waals surface area contributed by atoms with Gasteiger partial charge in [0.05, 0.1) is 30.0 Å². The van der Waals surface area contributed by atoms with Crippen molar-refractivity contribution in [3.63, 3.8) is 0 Å². The molecule has 0 spiro atoms. The zero-order valence-electron chi connectivity index (χ0n) is 13.5. The van der Waals surface area contributed by atoms with Crippen LogP contribution in [0.1, 0.15) is 25.3 Å². The Labute approximate surface area is 141 Å². The summed E-state index contributed by atoms with van der Waals surface area (Å²) in [6.45, 7) is 2.64. The maximum atomic E-state index is 12.4. The molecule has 1 amide bonds. The maximum Gasteiger partial charge on any atom is 0.228 e. The van der Waals surface area contributed by atoms with Gasteiger partial charge in [-0.1, -0.05) is 0 Å². The molecule has 1 aromatic rings. The Balaban J connectivity index is 1.79. The second kappa shape index (κ2) is 6.88. The third kappa shape index (κ3) is 3.05. The number of benzene rings is 1. The van der Waals surface area contributed by atoms with Crippen molar-refractivity contribution in [3.05, 3.63) is 29.8 Å². The Morgan fingerprint density at radius 2 is 2.12 bits per heavy atom. The fourth-order valence-electron chi connectivity index (χ4n) is 3.46. The minimum atomic E-state index is -0.246. The summed E-state index contributed by atoms with van der Waals surface area (Å²) in [6, 6.07) is 11.5. The van der Waals surface area contributed by atoms with Crippen LogP contribution in [0.2, 0.25) is 0 Å². The molecule has 2 fully saturated rings. The number of fused-ring (bicyclic) bond motifs is 1. The number of carbonyl (C=O) groups excluding carboxylic acids is 1. The van der Waals surface area contributed by atoms with Crippen molar-refractivity contribution >= 4 is 11.6 Å². The molecule has 1 aromatic carbocycles. The summed E-state index contributed by atoms with van der Waals surface area (Å²) >= 11 is 0. The number of hydrazine groups is 1. The topological polar surface area (TPSA) is 104 Å². The first kappa shape index (κ1) is 16.3. The lowest BCUT2D eigenvalue weighted by molar-refractivity contribution is -0.127. The van der Waals surface area contributed by atoms with Crippen LogP contribution in [-0.4, -0.2) is 35.7 Å². The molecule has 0 saturated carbocycles. The van der Waals surface area contributed by atoms with E-state index in [0.29, 0.717) is 18.5 Å². The third-order valence-corrected chi connectivity index (χ3v) is 4.66. The van der Waals surface area contributed by atoms with Gasteiger partial charge >= 0.3 is 0 Å². The average molecular weight is 324 g/mol. The fraction of sp³-hybridized carbons (Fsp3) is 0.471. The molecule has 0 radical (unpaired) electrons. The Bertz CT molecular complexity index is 689. The van der Waals surface area contributed by atoms with E-state index in [2.05, 4.69) is 28.2 Å². The van der Waals surface area contributed by atoms with Crippen LogP contribution in [0.3, 0.4) is 0 Å². The molecule has 2 aliphatic rings. The summed E-state index contributed by atoms with van der Waals surface area (Å²) < 4.78 is 0. The second-order valence-electron chi connectivity index (χ2n) is 6.23. The predicted molar refractivity (Wildman–Crippen MR) is 88.1 cm³/mol. The summed E-state index contributed by atoms with van der Waals surface area (Å²) in [5.74, 6) is -0.202. The number of hydrogen-bond donors (Lipinski definition) is 3. The van der Waals surface area contributed by atoms with E-state index < -0.39 is 0 Å². The molecular weight excluding hydrogens is 304 g/mol. The molecule has 7 heteroatoms. The van der Waals surface area contributed by atoms with Gasteiger partial charge in [0.1, 0.15) is 6.17 Å². The van der Waals surface area contributed by atoms with Crippen LogP contribution in [0.15, 0.2) is 24.3 Å². The number of amides is 1. The predicted octanol–water partition coefficient (Wildman–Crippen LogP) is 0.923. The molecule has 2 heterocycles. The molecule has 3 N–H and O–H groups in total. The zero-order chi connectivity index (χ0) is 17.1. The van der Waals surface area contributed by atoms with Crippen LogP contribution in [0.5, 0.6) is 0 Å². The Morgan fingerprint density at radius 1 is 1.38 bits per heavy atom. The van der Waals surface area contributed by atoms with Gasteiger partial charge in [0.15, 0.2) is 0 Å². The summed E-state index contributed by atoms with van der Waals surface area (Å²) in [4.78, 5) is 12.4. The Hall–Kier alpha value is -2.61. The molecule has 3 rings (SSSR count). The summed E-state index contributed by atoms with van der Waals surface area (Å²) in [7, 11) is 0. The number of anilines is 1. The highest BCUT2D eigenvalue weighted by Gasteiger charge is 2.48. The molecule has 4 atom stereocenters. The summed E-state index contributed by atoms with van der Waals surface area (Å²) in [5.41, 5.74) is 4.81. The molecular formula is C17H20N6O. The van der Waals surface area contributed by atoms with Gasteiger partial charge in [-0.05, 0) is 37.6 Å². The van der Waals surface area contributed by atoms with E-state index in [-0.39, 0.29) is 30.1 Å². The molecule has 24 heavy (non-hydrogen) atoms. The molecule has 4 unspecified atom stereocenters. The summed E-state index contributed by atoms with van der Waals surface area (Å²) in [5, 5.41) is 26.2. The molecule has 2 aliphatic heterocycles. The minimum absolute atomic E-state index is 0.0246. The van der Waals surface area contributed by atoms with E-state index in [1.54, 1.807) is 12.1 Å². The lowest BCUT2D eigenvalue weighted by Crippen LogP contribution is -2.51. The largest absolute Gasteiger partial charge is 0.368 e. The van der Waals surface area contributed by atoms with Gasteiger partial charge in [-0.25, -0.2) is 10.4 Å². The van der Waals surface area contributed by atoms with Crippen molar-refractivity contribution in [2.24, 2.45) is 5.92 Å². The van der Waals surface area contributed by atoms with Gasteiger partial charge in [0.25, 0.3) is 0 Å². The smallest absolute Gasteiger partial charge is 0.228 e. The van der Waals surface area contributed by atoms with E-state index >= 15 is 0 Å². The molecule has 124 valence electrons. The van der Waals surface area contributed by atoms with E-state index in [1.807, 2.05) is 24.1 Å². The van der Waals surface area contributed by atoms with E-state index in [1.165, 1.54) is 0 Å². The van der Waals surface area contributed by atoms with Crippen molar-refractivity contribution in [2.75, 3.05) is 11.9 Å². The van der Waals surface area contributed by atoms with Gasteiger partial charge < -0.3 is 10.6 Å². The number of carbonyl (C=O) groups is 1. The van der Waals surface area contributed by atoms with Gasteiger partial charge in [-0.2, -0.15) is 10.5 Å². The highest BCUT2D eigenvalue weighted by molar-refractivity contribution is 5.82. The molecule has 7 nitrogen and oxygen atoms in total. The number of piperidine rings is 1. The summed E-state index contributed by atoms with van der Waals surface area (Å²) in [6.07, 6.45) is 1.01. The van der Waals surface area contributed by atoms with Crippen LogP contribution in [0, 0.1) is 28.6 Å². The third-order valence-electron chi connectivity index (χ3n) is 4.66. The SMILES string of the molecule is CC(CC#N)N1NC(Nc2ccc(C#N)cc2)C2C(=O)NCCC21. The first-order valence-corrected chi connectivity index (χ1v) is 8.10. The fourth-order valence-corrected chi connectivity index (χ4v) is 3.46. The number of nitriles is 2. The van der Waals surface area contributed by atoms with Gasteiger partial charge in [-0.15, -0.1) is 0 Å². The first-order valence-electron chi connectivity index (χ1n) is 8.10. The number of nitrogens with one attached hydrogen (secondary N) is 3. The Morgan fingerprint density at radius 3 is 2.79 bits per heavy atom. The number of rotatable bonds is 4. The number of hydrogen-bond acceptors (Lipinski definition) is 6. The monoisotopic (exact) mass is 324 g/mol. The highest BCUT2D eigenvalue weighted by atomic mass is 16.2. The van der Waals surface area contributed by atoms with Crippen molar-refractivity contribution in [2.45, 2.75) is 38.0 Å². The van der Waals surface area contributed by atoms with Crippen molar-refractivity contribution in [1.29, 1.82) is 10.5 Å². The van der Waals surface area contributed by atoms with E-state index in [9.17, 15) is 4.79 Å². The van der Waals surface area contributed by atoms with Gasteiger partial charge in [0.2, 0.25) is 5.91 Å². The van der Waals surface area contributed by atoms with Crippen LogP contribution in [-0.2, 0) is 4.79 Å². The van der Waals surface area contributed by atoms with E-state index in [4.69, 9.17) is 10.5 Å². The molecule has 0 aliphatic carbocycles. The van der Waals surface area contributed by atoms with Crippen molar-refractivity contribution in [1.82, 2.24) is 15.8 Å². The van der Waals surface area contributed by atoms with Crippen LogP contribution < -0.4 is 16.1 Å². The lowest BCUT2D eigenvalue weighted by Gasteiger charge is -2.33. The molecule has 2 saturated heterocycles. The van der Waals surface area contributed by atoms with Crippen LogP contribution in [0.4, 0.5) is 5.69 Å². The van der Waals surface area contributed by atoms with Crippen molar-refractivity contribution in [3.8, 4) is 12.1 Å². The molecule has 0 bridgehead atoms. The average Bonchev–Trinajstić information content (AvgIpc) is 2.96. The van der Waals surface area contributed by atoms with Crippen LogP contribution >= 0.6 is 0 Å². The van der Waals surface area contributed by atoms with Crippen LogP contribution in [0.25, 0.3) is 0 Å². The lowest BCUT2D eigenvalue weighted by atomic mass is 9.90. The Kier molecular flexibility index (Phi) is 4.66. The minimum Gasteiger partial charge on any atom is -0.368 e. The zero-order valence-corrected chi connectivity index (χ0v) is 13.5.